The number of esters is 1. The van der Waals surface area contributed by atoms with Crippen molar-refractivity contribution in [3.63, 3.8) is 0 Å². The summed E-state index contributed by atoms with van der Waals surface area (Å²) in [5, 5.41) is 14.1. The molecule has 2 heterocycles. The number of carbonyl (C=O) groups excluding carboxylic acids is 2. The molecule has 2 aliphatic rings. The molecule has 0 bridgehead atoms. The van der Waals surface area contributed by atoms with Gasteiger partial charge in [0.1, 0.15) is 6.04 Å². The van der Waals surface area contributed by atoms with E-state index in [1.165, 1.54) is 12.1 Å². The van der Waals surface area contributed by atoms with Gasteiger partial charge in [0.05, 0.1) is 30.4 Å². The second-order valence-corrected chi connectivity index (χ2v) is 7.09. The van der Waals surface area contributed by atoms with Gasteiger partial charge < -0.3 is 24.8 Å². The zero-order valence-corrected chi connectivity index (χ0v) is 17.3. The van der Waals surface area contributed by atoms with E-state index in [1.54, 1.807) is 49.9 Å². The number of hydrogen-bond donors (Lipinski definition) is 1. The van der Waals surface area contributed by atoms with Crippen LogP contribution < -0.4 is 5.32 Å². The van der Waals surface area contributed by atoms with Crippen molar-refractivity contribution in [1.29, 1.82) is 0 Å². The van der Waals surface area contributed by atoms with Gasteiger partial charge in [0, 0.05) is 31.9 Å². The number of nitrogens with zero attached hydrogens (tertiary/aromatic N) is 5. The Balaban J connectivity index is 1.99. The number of hydrogen-bond acceptors (Lipinski definition) is 8. The molecule has 2 amide bonds. The molecule has 11 nitrogen and oxygen atoms in total. The lowest BCUT2D eigenvalue weighted by Crippen LogP contribution is -2.59. The summed E-state index contributed by atoms with van der Waals surface area (Å²) in [6.07, 6.45) is 0. The van der Waals surface area contributed by atoms with Gasteiger partial charge in [0.2, 0.25) is 5.96 Å². The van der Waals surface area contributed by atoms with Gasteiger partial charge in [0.15, 0.2) is 0 Å². The van der Waals surface area contributed by atoms with Gasteiger partial charge in [0.25, 0.3) is 5.69 Å². The van der Waals surface area contributed by atoms with E-state index in [1.807, 2.05) is 4.90 Å². The predicted molar refractivity (Wildman–Crippen MR) is 108 cm³/mol. The third kappa shape index (κ3) is 4.04. The summed E-state index contributed by atoms with van der Waals surface area (Å²) in [6.45, 7) is 4.33. The minimum Gasteiger partial charge on any atom is -0.463 e. The Hall–Kier alpha value is -3.63. The van der Waals surface area contributed by atoms with Crippen LogP contribution >= 0.6 is 0 Å². The summed E-state index contributed by atoms with van der Waals surface area (Å²) < 4.78 is 5.21. The van der Waals surface area contributed by atoms with E-state index in [0.717, 1.165) is 0 Å². The summed E-state index contributed by atoms with van der Waals surface area (Å²) in [5.74, 6) is -0.00758. The highest BCUT2D eigenvalue weighted by atomic mass is 16.6. The van der Waals surface area contributed by atoms with E-state index in [-0.39, 0.29) is 18.3 Å². The number of allylic oxidation sites excluding steroid dienone is 1. The van der Waals surface area contributed by atoms with Crippen LogP contribution in [0.5, 0.6) is 0 Å². The molecule has 1 N–H and O–H groups in total. The Morgan fingerprint density at radius 3 is 2.40 bits per heavy atom. The second kappa shape index (κ2) is 8.39. The molecule has 0 radical (unpaired) electrons. The molecule has 1 aromatic rings. The number of nitro groups is 1. The van der Waals surface area contributed by atoms with E-state index in [2.05, 4.69) is 5.32 Å². The van der Waals surface area contributed by atoms with E-state index in [0.29, 0.717) is 36.1 Å². The van der Waals surface area contributed by atoms with Crippen LogP contribution in [0.15, 0.2) is 40.5 Å². The fourth-order valence-electron chi connectivity index (χ4n) is 3.42. The number of rotatable bonds is 4. The van der Waals surface area contributed by atoms with Crippen LogP contribution in [-0.2, 0) is 9.53 Å². The summed E-state index contributed by atoms with van der Waals surface area (Å²) in [6, 6.07) is 5.13. The summed E-state index contributed by atoms with van der Waals surface area (Å²) in [7, 11) is 3.38. The Morgan fingerprint density at radius 2 is 1.87 bits per heavy atom. The molecule has 160 valence electrons. The second-order valence-electron chi connectivity index (χ2n) is 7.09. The van der Waals surface area contributed by atoms with E-state index >= 15 is 0 Å². The van der Waals surface area contributed by atoms with Crippen LogP contribution in [0.1, 0.15) is 25.5 Å². The fraction of sp³-hybridized carbons (Fsp3) is 0.421. The van der Waals surface area contributed by atoms with Crippen LogP contribution in [0.4, 0.5) is 10.5 Å². The summed E-state index contributed by atoms with van der Waals surface area (Å²) in [5.41, 5.74) is 1.48. The minimum absolute atomic E-state index is 0.0481. The van der Waals surface area contributed by atoms with Gasteiger partial charge in [-0.05, 0) is 31.5 Å². The number of amides is 2. The first-order valence-electron chi connectivity index (χ1n) is 9.41. The maximum atomic E-state index is 12.6. The standard InChI is InChI=1S/C19H24N6O5/c1-5-30-17(26)15-12(2)20-18(24-10-22(3)19(27)23(4)11-24)21-16(15)13-6-8-14(9-7-13)25(28)29/h6-9,16H,5,10-11H2,1-4H3,(H,20,21). The van der Waals surface area contributed by atoms with E-state index < -0.39 is 16.9 Å². The average molecular weight is 416 g/mol. The Kier molecular flexibility index (Phi) is 5.90. The van der Waals surface area contributed by atoms with Gasteiger partial charge in [-0.1, -0.05) is 0 Å². The zero-order valence-electron chi connectivity index (χ0n) is 17.3. The van der Waals surface area contributed by atoms with Crippen molar-refractivity contribution in [3.05, 3.63) is 51.2 Å². The van der Waals surface area contributed by atoms with Gasteiger partial charge in [-0.2, -0.15) is 0 Å². The number of benzene rings is 1. The van der Waals surface area contributed by atoms with Crippen LogP contribution in [0.3, 0.4) is 0 Å². The Bertz CT molecular complexity index is 912. The summed E-state index contributed by atoms with van der Waals surface area (Å²) in [4.78, 5) is 44.9. The van der Waals surface area contributed by atoms with Gasteiger partial charge in [-0.25, -0.2) is 14.6 Å². The molecule has 3 rings (SSSR count). The molecule has 11 heteroatoms. The molecule has 1 fully saturated rings. The van der Waals surface area contributed by atoms with Crippen molar-refractivity contribution >= 4 is 23.6 Å². The van der Waals surface area contributed by atoms with Crippen molar-refractivity contribution in [1.82, 2.24) is 20.0 Å². The molecule has 30 heavy (non-hydrogen) atoms. The number of carbonyl (C=O) groups is 2. The highest BCUT2D eigenvalue weighted by Crippen LogP contribution is 2.33. The fourth-order valence-corrected chi connectivity index (χ4v) is 3.42. The van der Waals surface area contributed by atoms with Gasteiger partial charge in [-0.3, -0.25) is 10.1 Å². The number of nitrogens with one attached hydrogen (secondary N) is 1. The van der Waals surface area contributed by atoms with E-state index in [9.17, 15) is 19.7 Å². The molecule has 0 saturated carbocycles. The Morgan fingerprint density at radius 1 is 1.27 bits per heavy atom. The number of non-ortho nitro benzene ring substituents is 1. The molecule has 1 unspecified atom stereocenters. The molecule has 1 atom stereocenters. The van der Waals surface area contributed by atoms with Crippen LogP contribution in [0.2, 0.25) is 0 Å². The smallest absolute Gasteiger partial charge is 0.338 e. The van der Waals surface area contributed by atoms with Crippen molar-refractivity contribution in [2.24, 2.45) is 4.99 Å². The SMILES string of the molecule is CCOC(=O)C1=C(C)NC(N2CN(C)C(=O)N(C)C2)=NC1c1ccc([N+](=O)[O-])cc1. The van der Waals surface area contributed by atoms with Crippen molar-refractivity contribution < 1.29 is 19.2 Å². The first kappa shape index (κ1) is 21.1. The topological polar surface area (TPSA) is 121 Å². The maximum Gasteiger partial charge on any atom is 0.338 e. The third-order valence-corrected chi connectivity index (χ3v) is 4.86. The number of aliphatic imine (C=N–C) groups is 1. The van der Waals surface area contributed by atoms with Crippen LogP contribution in [0.25, 0.3) is 0 Å². The molecule has 0 spiro atoms. The number of ether oxygens (including phenoxy) is 1. The average Bonchev–Trinajstić information content (AvgIpc) is 2.71. The third-order valence-electron chi connectivity index (χ3n) is 4.86. The van der Waals surface area contributed by atoms with Crippen LogP contribution in [-0.4, -0.2) is 71.6 Å². The molecule has 0 aromatic heterocycles. The minimum atomic E-state index is -0.700. The van der Waals surface area contributed by atoms with Crippen molar-refractivity contribution in [2.75, 3.05) is 34.0 Å². The van der Waals surface area contributed by atoms with Crippen molar-refractivity contribution in [2.45, 2.75) is 19.9 Å². The normalized spacial score (nSPS) is 19.5. The quantitative estimate of drug-likeness (QED) is 0.450. The lowest BCUT2D eigenvalue weighted by Gasteiger charge is -2.41. The van der Waals surface area contributed by atoms with Crippen molar-refractivity contribution in [3.8, 4) is 0 Å². The molecule has 2 aliphatic heterocycles. The highest BCUT2D eigenvalue weighted by molar-refractivity contribution is 5.95. The van der Waals surface area contributed by atoms with Gasteiger partial charge >= 0.3 is 12.0 Å². The maximum absolute atomic E-state index is 12.6. The lowest BCUT2D eigenvalue weighted by atomic mass is 9.96. The first-order valence-corrected chi connectivity index (χ1v) is 9.41. The molecule has 0 aliphatic carbocycles. The molecular weight excluding hydrogens is 392 g/mol. The molecule has 1 saturated heterocycles. The zero-order chi connectivity index (χ0) is 22.0. The number of urea groups is 1. The largest absolute Gasteiger partial charge is 0.463 e. The first-order chi connectivity index (χ1) is 14.2. The van der Waals surface area contributed by atoms with E-state index in [4.69, 9.17) is 9.73 Å². The monoisotopic (exact) mass is 416 g/mol. The summed E-state index contributed by atoms with van der Waals surface area (Å²) >= 11 is 0. The predicted octanol–water partition coefficient (Wildman–Crippen LogP) is 1.65. The van der Waals surface area contributed by atoms with Crippen LogP contribution in [0, 0.1) is 10.1 Å². The number of guanidine groups is 1. The highest BCUT2D eigenvalue weighted by Gasteiger charge is 2.34. The number of nitro benzene ring substituents is 1. The molecular formula is C19H24N6O5. The lowest BCUT2D eigenvalue weighted by molar-refractivity contribution is -0.384. The van der Waals surface area contributed by atoms with Gasteiger partial charge in [-0.15, -0.1) is 0 Å². The molecule has 1 aromatic carbocycles. The Labute approximate surface area is 173 Å².